The molecule has 0 amide bonds. The molecule has 0 spiro atoms. The van der Waals surface area contributed by atoms with Crippen molar-refractivity contribution in [2.24, 2.45) is 0 Å². The zero-order valence-corrected chi connectivity index (χ0v) is 12.3. The van der Waals surface area contributed by atoms with Gasteiger partial charge in [-0.25, -0.2) is 4.68 Å². The first-order valence-corrected chi connectivity index (χ1v) is 7.05. The predicted octanol–water partition coefficient (Wildman–Crippen LogP) is 2.67. The van der Waals surface area contributed by atoms with Crippen LogP contribution in [0.1, 0.15) is 26.5 Å². The average molecular weight is 272 g/mol. The quantitative estimate of drug-likeness (QED) is 0.636. The summed E-state index contributed by atoms with van der Waals surface area (Å²) in [7, 11) is 0. The molecule has 1 heterocycles. The number of nitrogens with zero attached hydrogens (tertiary/aromatic N) is 3. The topological polar surface area (TPSA) is 73.0 Å². The molecule has 0 aliphatic rings. The maximum absolute atomic E-state index is 11.1. The lowest BCUT2D eigenvalue weighted by Crippen LogP contribution is -2.27. The monoisotopic (exact) mass is 272 g/mol. The Hall–Kier alpha value is -1.24. The van der Waals surface area contributed by atoms with E-state index in [9.17, 15) is 10.1 Å². The molecule has 1 aromatic heterocycles. The minimum Gasteiger partial charge on any atom is -0.363 e. The summed E-state index contributed by atoms with van der Waals surface area (Å²) in [6.07, 6.45) is 2.03. The van der Waals surface area contributed by atoms with Crippen molar-refractivity contribution in [1.29, 1.82) is 0 Å². The highest BCUT2D eigenvalue weighted by atomic mass is 32.2. The van der Waals surface area contributed by atoms with Gasteiger partial charge in [-0.05, 0) is 34.0 Å². The van der Waals surface area contributed by atoms with E-state index in [-0.39, 0.29) is 15.4 Å². The molecule has 18 heavy (non-hydrogen) atoms. The molecule has 1 aromatic rings. The fraction of sp³-hybridized carbons (Fsp3) is 0.727. The van der Waals surface area contributed by atoms with Crippen molar-refractivity contribution in [3.8, 4) is 0 Å². The van der Waals surface area contributed by atoms with Crippen molar-refractivity contribution in [1.82, 2.24) is 9.78 Å². The van der Waals surface area contributed by atoms with Crippen LogP contribution in [-0.4, -0.2) is 32.3 Å². The lowest BCUT2D eigenvalue weighted by Gasteiger charge is -2.22. The van der Waals surface area contributed by atoms with Gasteiger partial charge in [-0.15, -0.1) is 0 Å². The van der Waals surface area contributed by atoms with Crippen molar-refractivity contribution in [2.45, 2.75) is 39.0 Å². The van der Waals surface area contributed by atoms with Gasteiger partial charge in [0.2, 0.25) is 5.82 Å². The molecule has 0 aliphatic heterocycles. The highest BCUT2D eigenvalue weighted by molar-refractivity contribution is 7.99. The molecule has 0 radical (unpaired) electrons. The van der Waals surface area contributed by atoms with Crippen LogP contribution < -0.4 is 5.32 Å². The molecule has 1 rings (SSSR count). The van der Waals surface area contributed by atoms with E-state index >= 15 is 0 Å². The van der Waals surface area contributed by atoms with Gasteiger partial charge in [0.1, 0.15) is 5.69 Å². The van der Waals surface area contributed by atoms with E-state index in [2.05, 4.69) is 24.3 Å². The van der Waals surface area contributed by atoms with Gasteiger partial charge in [-0.2, -0.15) is 16.9 Å². The van der Waals surface area contributed by atoms with Crippen LogP contribution in [0.2, 0.25) is 0 Å². The Kier molecular flexibility index (Phi) is 4.61. The number of anilines is 1. The molecular formula is C11H20N4O2S. The summed E-state index contributed by atoms with van der Waals surface area (Å²) in [5.41, 5.74) is 0.528. The third-order valence-electron chi connectivity index (χ3n) is 2.81. The van der Waals surface area contributed by atoms with Gasteiger partial charge in [0.15, 0.2) is 0 Å². The SMILES string of the molecule is CCn1nc(C)c([N+](=O)[O-])c1NCC(C)(C)SC. The third kappa shape index (κ3) is 3.16. The molecule has 0 unspecified atom stereocenters. The summed E-state index contributed by atoms with van der Waals surface area (Å²) in [6.45, 7) is 9.03. The van der Waals surface area contributed by atoms with Crippen molar-refractivity contribution < 1.29 is 4.92 Å². The summed E-state index contributed by atoms with van der Waals surface area (Å²) in [5, 5.41) is 18.4. The molecule has 102 valence electrons. The summed E-state index contributed by atoms with van der Waals surface area (Å²) >= 11 is 1.72. The molecule has 0 aliphatic carbocycles. The first-order chi connectivity index (χ1) is 8.32. The number of nitrogens with one attached hydrogen (secondary N) is 1. The Balaban J connectivity index is 3.03. The fourth-order valence-corrected chi connectivity index (χ4v) is 1.78. The molecule has 0 aromatic carbocycles. The predicted molar refractivity (Wildman–Crippen MR) is 75.4 cm³/mol. The van der Waals surface area contributed by atoms with E-state index in [1.54, 1.807) is 23.4 Å². The number of aryl methyl sites for hydroxylation is 2. The van der Waals surface area contributed by atoms with E-state index in [0.717, 1.165) is 0 Å². The van der Waals surface area contributed by atoms with Crippen LogP contribution in [0.5, 0.6) is 0 Å². The van der Waals surface area contributed by atoms with Gasteiger partial charge in [0, 0.05) is 17.8 Å². The second-order valence-electron chi connectivity index (χ2n) is 4.67. The first kappa shape index (κ1) is 14.8. The number of rotatable bonds is 6. The molecular weight excluding hydrogens is 252 g/mol. The molecule has 1 N–H and O–H groups in total. The van der Waals surface area contributed by atoms with Crippen molar-refractivity contribution in [3.63, 3.8) is 0 Å². The van der Waals surface area contributed by atoms with E-state index in [0.29, 0.717) is 24.6 Å². The van der Waals surface area contributed by atoms with Crippen LogP contribution in [0.15, 0.2) is 0 Å². The van der Waals surface area contributed by atoms with Gasteiger partial charge in [-0.1, -0.05) is 0 Å². The van der Waals surface area contributed by atoms with E-state index in [4.69, 9.17) is 0 Å². The zero-order chi connectivity index (χ0) is 13.9. The van der Waals surface area contributed by atoms with Gasteiger partial charge in [-0.3, -0.25) is 10.1 Å². The van der Waals surface area contributed by atoms with Crippen LogP contribution in [0.4, 0.5) is 11.5 Å². The number of hydrogen-bond acceptors (Lipinski definition) is 5. The lowest BCUT2D eigenvalue weighted by molar-refractivity contribution is -0.384. The van der Waals surface area contributed by atoms with Crippen molar-refractivity contribution >= 4 is 23.3 Å². The maximum atomic E-state index is 11.1. The van der Waals surface area contributed by atoms with Gasteiger partial charge in [0.05, 0.1) is 4.92 Å². The Labute approximate surface area is 111 Å². The van der Waals surface area contributed by atoms with Crippen LogP contribution in [-0.2, 0) is 6.54 Å². The third-order valence-corrected chi connectivity index (χ3v) is 4.06. The minimum atomic E-state index is -0.372. The van der Waals surface area contributed by atoms with Crippen LogP contribution in [0.25, 0.3) is 0 Å². The summed E-state index contributed by atoms with van der Waals surface area (Å²) in [6, 6.07) is 0. The molecule has 0 bridgehead atoms. The maximum Gasteiger partial charge on any atom is 0.333 e. The van der Waals surface area contributed by atoms with E-state index in [1.807, 2.05) is 13.2 Å². The second-order valence-corrected chi connectivity index (χ2v) is 6.19. The highest BCUT2D eigenvalue weighted by Crippen LogP contribution is 2.30. The number of nitro groups is 1. The highest BCUT2D eigenvalue weighted by Gasteiger charge is 2.26. The minimum absolute atomic E-state index is 0.0185. The molecule has 0 saturated carbocycles. The largest absolute Gasteiger partial charge is 0.363 e. The van der Waals surface area contributed by atoms with Gasteiger partial charge >= 0.3 is 5.69 Å². The molecule has 6 nitrogen and oxygen atoms in total. The number of thioether (sulfide) groups is 1. The Morgan fingerprint density at radius 1 is 1.56 bits per heavy atom. The zero-order valence-electron chi connectivity index (χ0n) is 11.5. The summed E-state index contributed by atoms with van der Waals surface area (Å²) in [4.78, 5) is 10.7. The van der Waals surface area contributed by atoms with Gasteiger partial charge < -0.3 is 5.32 Å². The van der Waals surface area contributed by atoms with Crippen molar-refractivity contribution in [2.75, 3.05) is 18.1 Å². The molecule has 0 fully saturated rings. The number of hydrogen-bond donors (Lipinski definition) is 1. The molecule has 0 saturated heterocycles. The Morgan fingerprint density at radius 2 is 2.17 bits per heavy atom. The standard InChI is InChI=1S/C11H20N4O2S/c1-6-14-10(12-7-11(3,4)18-5)9(15(16)17)8(2)13-14/h12H,6-7H2,1-5H3. The number of aromatic nitrogens is 2. The lowest BCUT2D eigenvalue weighted by atomic mass is 10.2. The normalized spacial score (nSPS) is 11.6. The summed E-state index contributed by atoms with van der Waals surface area (Å²) in [5.74, 6) is 0.502. The van der Waals surface area contributed by atoms with Crippen LogP contribution in [0.3, 0.4) is 0 Å². The smallest absolute Gasteiger partial charge is 0.333 e. The van der Waals surface area contributed by atoms with Gasteiger partial charge in [0.25, 0.3) is 0 Å². The fourth-order valence-electron chi connectivity index (χ4n) is 1.56. The summed E-state index contributed by atoms with van der Waals surface area (Å²) < 4.78 is 1.66. The first-order valence-electron chi connectivity index (χ1n) is 5.83. The van der Waals surface area contributed by atoms with E-state index < -0.39 is 0 Å². The molecule has 0 atom stereocenters. The second kappa shape index (κ2) is 5.60. The van der Waals surface area contributed by atoms with Crippen LogP contribution in [0, 0.1) is 17.0 Å². The Morgan fingerprint density at radius 3 is 2.61 bits per heavy atom. The van der Waals surface area contributed by atoms with E-state index in [1.165, 1.54) is 0 Å². The molecule has 7 heteroatoms. The average Bonchev–Trinajstić information content (AvgIpc) is 2.63. The van der Waals surface area contributed by atoms with Crippen molar-refractivity contribution in [3.05, 3.63) is 15.8 Å². The Bertz CT molecular complexity index is 442. The van der Waals surface area contributed by atoms with Crippen LogP contribution >= 0.6 is 11.8 Å².